The molecule has 2 aliphatic rings. The molecule has 2 aliphatic heterocycles. The Labute approximate surface area is 167 Å². The minimum Gasteiger partial charge on any atom is -0.493 e. The number of rotatable bonds is 12. The summed E-state index contributed by atoms with van der Waals surface area (Å²) in [4.78, 5) is 0. The average molecular weight is 383 g/mol. The summed E-state index contributed by atoms with van der Waals surface area (Å²) in [5.74, 6) is 1.44. The molecule has 2 heterocycles. The summed E-state index contributed by atoms with van der Waals surface area (Å²) in [6, 6.07) is 17.2. The van der Waals surface area contributed by atoms with E-state index >= 15 is 0 Å². The summed E-state index contributed by atoms with van der Waals surface area (Å²) in [7, 11) is 0. The van der Waals surface area contributed by atoms with Crippen molar-refractivity contribution >= 4 is 0 Å². The first-order valence-electron chi connectivity index (χ1n) is 10.4. The maximum absolute atomic E-state index is 5.77. The zero-order chi connectivity index (χ0) is 19.2. The van der Waals surface area contributed by atoms with Crippen molar-refractivity contribution in [3.05, 3.63) is 54.1 Å². The van der Waals surface area contributed by atoms with Crippen molar-refractivity contribution in [3.8, 4) is 16.9 Å². The molecular formula is C24H30O4. The van der Waals surface area contributed by atoms with Crippen LogP contribution in [0.4, 0.5) is 0 Å². The number of benzene rings is 2. The summed E-state index contributed by atoms with van der Waals surface area (Å²) >= 11 is 0. The van der Waals surface area contributed by atoms with E-state index in [4.69, 9.17) is 18.9 Å². The first-order valence-corrected chi connectivity index (χ1v) is 10.4. The van der Waals surface area contributed by atoms with Gasteiger partial charge in [-0.15, -0.1) is 0 Å². The zero-order valence-corrected chi connectivity index (χ0v) is 16.6. The number of epoxide rings is 2. The molecule has 2 aromatic rings. The lowest BCUT2D eigenvalue weighted by atomic mass is 9.98. The van der Waals surface area contributed by atoms with Gasteiger partial charge in [0.25, 0.3) is 0 Å². The topological polar surface area (TPSA) is 43.5 Å². The Morgan fingerprint density at radius 1 is 0.857 bits per heavy atom. The van der Waals surface area contributed by atoms with Crippen molar-refractivity contribution in [2.75, 3.05) is 33.0 Å². The maximum Gasteiger partial charge on any atom is 0.119 e. The number of hydrogen-bond donors (Lipinski definition) is 0. The first-order chi connectivity index (χ1) is 13.8. The Hall–Kier alpha value is -1.88. The van der Waals surface area contributed by atoms with Gasteiger partial charge in [0.15, 0.2) is 0 Å². The first kappa shape index (κ1) is 19.4. The van der Waals surface area contributed by atoms with E-state index in [-0.39, 0.29) is 0 Å². The molecule has 0 radical (unpaired) electrons. The Bertz CT molecular complexity index is 717. The van der Waals surface area contributed by atoms with Crippen molar-refractivity contribution in [2.45, 2.75) is 38.4 Å². The fourth-order valence-electron chi connectivity index (χ4n) is 3.32. The van der Waals surface area contributed by atoms with Crippen LogP contribution in [0.2, 0.25) is 0 Å². The van der Waals surface area contributed by atoms with Gasteiger partial charge in [0.2, 0.25) is 0 Å². The van der Waals surface area contributed by atoms with Gasteiger partial charge in [0, 0.05) is 19.6 Å². The lowest BCUT2D eigenvalue weighted by Gasteiger charge is -2.12. The van der Waals surface area contributed by atoms with E-state index in [1.54, 1.807) is 0 Å². The van der Waals surface area contributed by atoms with E-state index in [2.05, 4.69) is 43.3 Å². The molecule has 0 aliphatic carbocycles. The van der Waals surface area contributed by atoms with Crippen LogP contribution in [-0.4, -0.2) is 45.2 Å². The quantitative estimate of drug-likeness (QED) is 0.400. The van der Waals surface area contributed by atoms with Crippen molar-refractivity contribution in [1.29, 1.82) is 0 Å². The van der Waals surface area contributed by atoms with Crippen LogP contribution in [0.15, 0.2) is 48.5 Å². The van der Waals surface area contributed by atoms with Gasteiger partial charge in [-0.2, -0.15) is 0 Å². The second-order valence-electron chi connectivity index (χ2n) is 7.94. The molecule has 3 atom stereocenters. The minimum atomic E-state index is 0.421. The molecule has 4 nitrogen and oxygen atoms in total. The molecular weight excluding hydrogens is 352 g/mol. The predicted molar refractivity (Wildman–Crippen MR) is 110 cm³/mol. The summed E-state index contributed by atoms with van der Waals surface area (Å²) in [5, 5.41) is 0. The second-order valence-corrected chi connectivity index (χ2v) is 7.94. The van der Waals surface area contributed by atoms with Gasteiger partial charge in [-0.05, 0) is 47.6 Å². The monoisotopic (exact) mass is 382 g/mol. The Balaban J connectivity index is 1.21. The second kappa shape index (κ2) is 9.55. The van der Waals surface area contributed by atoms with Crippen LogP contribution in [0.1, 0.15) is 25.3 Å². The Morgan fingerprint density at radius 3 is 2.04 bits per heavy atom. The van der Waals surface area contributed by atoms with Crippen LogP contribution in [0.5, 0.6) is 5.75 Å². The summed E-state index contributed by atoms with van der Waals surface area (Å²) < 4.78 is 21.9. The number of hydrogen-bond acceptors (Lipinski definition) is 4. The molecule has 0 bridgehead atoms. The smallest absolute Gasteiger partial charge is 0.119 e. The lowest BCUT2D eigenvalue weighted by molar-refractivity contribution is 0.0980. The molecule has 0 aromatic heterocycles. The van der Waals surface area contributed by atoms with Crippen LogP contribution in [-0.2, 0) is 20.6 Å². The Kier molecular flexibility index (Phi) is 6.63. The molecule has 0 spiro atoms. The van der Waals surface area contributed by atoms with E-state index in [0.29, 0.717) is 18.1 Å². The molecule has 0 amide bonds. The minimum absolute atomic E-state index is 0.421. The van der Waals surface area contributed by atoms with E-state index in [0.717, 1.165) is 58.0 Å². The molecule has 0 saturated carbocycles. The fraction of sp³-hybridized carbons (Fsp3) is 0.500. The fourth-order valence-corrected chi connectivity index (χ4v) is 3.32. The van der Waals surface area contributed by atoms with Gasteiger partial charge in [-0.3, -0.25) is 0 Å². The third-order valence-corrected chi connectivity index (χ3v) is 5.23. The van der Waals surface area contributed by atoms with Crippen LogP contribution >= 0.6 is 0 Å². The van der Waals surface area contributed by atoms with Crippen molar-refractivity contribution in [2.24, 2.45) is 5.92 Å². The molecule has 2 aromatic carbocycles. The van der Waals surface area contributed by atoms with E-state index in [1.165, 1.54) is 16.7 Å². The van der Waals surface area contributed by atoms with Gasteiger partial charge in [0.1, 0.15) is 5.75 Å². The SMILES string of the molecule is CC(COCCC1CO1)Cc1ccc(-c2ccc(OCCC3CO3)cc2)cc1. The molecule has 4 heteroatoms. The zero-order valence-electron chi connectivity index (χ0n) is 16.6. The Morgan fingerprint density at radius 2 is 1.43 bits per heavy atom. The average Bonchev–Trinajstić information content (AvgIpc) is 3.62. The molecule has 0 N–H and O–H groups in total. The third-order valence-electron chi connectivity index (χ3n) is 5.23. The van der Waals surface area contributed by atoms with Crippen molar-refractivity contribution in [1.82, 2.24) is 0 Å². The van der Waals surface area contributed by atoms with Crippen LogP contribution in [0, 0.1) is 5.92 Å². The predicted octanol–water partition coefficient (Wildman–Crippen LogP) is 4.51. The summed E-state index contributed by atoms with van der Waals surface area (Å²) in [6.45, 7) is 6.38. The highest BCUT2D eigenvalue weighted by Gasteiger charge is 2.22. The van der Waals surface area contributed by atoms with Gasteiger partial charge in [-0.25, -0.2) is 0 Å². The molecule has 2 fully saturated rings. The maximum atomic E-state index is 5.77. The van der Waals surface area contributed by atoms with Crippen molar-refractivity contribution < 1.29 is 18.9 Å². The summed E-state index contributed by atoms with van der Waals surface area (Å²) in [6.07, 6.45) is 3.92. The summed E-state index contributed by atoms with van der Waals surface area (Å²) in [5.41, 5.74) is 3.80. The molecule has 28 heavy (non-hydrogen) atoms. The molecule has 4 rings (SSSR count). The van der Waals surface area contributed by atoms with Crippen molar-refractivity contribution in [3.63, 3.8) is 0 Å². The van der Waals surface area contributed by atoms with E-state index < -0.39 is 0 Å². The molecule has 3 unspecified atom stereocenters. The molecule has 2 saturated heterocycles. The van der Waals surface area contributed by atoms with Gasteiger partial charge < -0.3 is 18.9 Å². The van der Waals surface area contributed by atoms with Crippen LogP contribution < -0.4 is 4.74 Å². The highest BCUT2D eigenvalue weighted by molar-refractivity contribution is 5.64. The lowest BCUT2D eigenvalue weighted by Crippen LogP contribution is -2.10. The molecule has 150 valence electrons. The normalized spacial score (nSPS) is 21.3. The highest BCUT2D eigenvalue weighted by Crippen LogP contribution is 2.24. The highest BCUT2D eigenvalue weighted by atomic mass is 16.6. The van der Waals surface area contributed by atoms with Gasteiger partial charge in [-0.1, -0.05) is 43.3 Å². The van der Waals surface area contributed by atoms with E-state index in [1.807, 2.05) is 12.1 Å². The standard InChI is InChI=1S/C24H30O4/c1-18(15-25-12-10-23-16-27-23)14-19-2-4-20(5-3-19)21-6-8-22(9-7-21)26-13-11-24-17-28-24/h2-9,18,23-24H,10-17H2,1H3. The third kappa shape index (κ3) is 6.33. The largest absolute Gasteiger partial charge is 0.493 e. The number of ether oxygens (including phenoxy) is 4. The van der Waals surface area contributed by atoms with E-state index in [9.17, 15) is 0 Å². The van der Waals surface area contributed by atoms with Gasteiger partial charge >= 0.3 is 0 Å². The van der Waals surface area contributed by atoms with Crippen LogP contribution in [0.25, 0.3) is 11.1 Å². The van der Waals surface area contributed by atoms with Gasteiger partial charge in [0.05, 0.1) is 32.0 Å². The van der Waals surface area contributed by atoms with Crippen LogP contribution in [0.3, 0.4) is 0 Å².